The number of hydrogen-bond donors (Lipinski definition) is 2. The van der Waals surface area contributed by atoms with Crippen molar-refractivity contribution in [2.24, 2.45) is 0 Å². The highest BCUT2D eigenvalue weighted by Crippen LogP contribution is 2.32. The second-order valence-corrected chi connectivity index (χ2v) is 5.86. The molecular formula is C16H19ClN4O2. The van der Waals surface area contributed by atoms with Gasteiger partial charge in [-0.05, 0) is 5.56 Å². The summed E-state index contributed by atoms with van der Waals surface area (Å²) in [6.07, 6.45) is 1.34. The van der Waals surface area contributed by atoms with Gasteiger partial charge in [0.2, 0.25) is 0 Å². The summed E-state index contributed by atoms with van der Waals surface area (Å²) in [5.74, 6) is 0.846. The number of aromatic nitrogens is 2. The van der Waals surface area contributed by atoms with Gasteiger partial charge in [-0.2, -0.15) is 0 Å². The van der Waals surface area contributed by atoms with Crippen molar-refractivity contribution in [2.75, 3.05) is 30.4 Å². The molecule has 7 heteroatoms. The molecular weight excluding hydrogens is 316 g/mol. The van der Waals surface area contributed by atoms with Crippen LogP contribution in [-0.4, -0.2) is 40.9 Å². The number of hydrogen-bond acceptors (Lipinski definition) is 6. The zero-order valence-electron chi connectivity index (χ0n) is 12.6. The quantitative estimate of drug-likeness (QED) is 0.890. The summed E-state index contributed by atoms with van der Waals surface area (Å²) in [4.78, 5) is 10.2. The molecule has 1 aliphatic rings. The van der Waals surface area contributed by atoms with Crippen molar-refractivity contribution in [3.63, 3.8) is 0 Å². The first-order valence-electron chi connectivity index (χ1n) is 7.50. The van der Waals surface area contributed by atoms with Crippen LogP contribution < -0.4 is 10.6 Å². The Bertz CT molecular complexity index is 656. The molecule has 0 spiro atoms. The van der Waals surface area contributed by atoms with Gasteiger partial charge in [-0.1, -0.05) is 41.9 Å². The lowest BCUT2D eigenvalue weighted by molar-refractivity contribution is 0.0676. The standard InChI is InChI=1S/C16H19ClN4O2/c17-14-15(18)19-10-20-16(14)21-6-7-23-9-12(21)8-13(22)11-4-2-1-3-5-11/h1-5,10,12-13,22H,6-9H2,(H2,18,19,20)/t12-,13-/m1/s1. The van der Waals surface area contributed by atoms with Gasteiger partial charge in [-0.25, -0.2) is 9.97 Å². The normalized spacial score (nSPS) is 19.6. The van der Waals surface area contributed by atoms with Crippen LogP contribution in [0.4, 0.5) is 11.6 Å². The molecule has 1 aromatic heterocycles. The van der Waals surface area contributed by atoms with E-state index in [4.69, 9.17) is 22.1 Å². The predicted molar refractivity (Wildman–Crippen MR) is 89.4 cm³/mol. The van der Waals surface area contributed by atoms with Crippen LogP contribution in [0.2, 0.25) is 5.02 Å². The summed E-state index contributed by atoms with van der Waals surface area (Å²) in [6.45, 7) is 1.73. The third kappa shape index (κ3) is 3.55. The smallest absolute Gasteiger partial charge is 0.153 e. The van der Waals surface area contributed by atoms with Gasteiger partial charge >= 0.3 is 0 Å². The molecule has 122 valence electrons. The maximum atomic E-state index is 10.5. The van der Waals surface area contributed by atoms with Crippen LogP contribution in [0.1, 0.15) is 18.1 Å². The Balaban J connectivity index is 1.80. The van der Waals surface area contributed by atoms with E-state index in [-0.39, 0.29) is 11.9 Å². The molecule has 0 unspecified atom stereocenters. The molecule has 3 N–H and O–H groups in total. The van der Waals surface area contributed by atoms with Gasteiger partial charge in [-0.3, -0.25) is 0 Å². The molecule has 3 rings (SSSR count). The van der Waals surface area contributed by atoms with E-state index in [1.165, 1.54) is 6.33 Å². The van der Waals surface area contributed by atoms with Gasteiger partial charge in [0.15, 0.2) is 5.82 Å². The summed E-state index contributed by atoms with van der Waals surface area (Å²) >= 11 is 6.25. The Labute approximate surface area is 139 Å². The number of ether oxygens (including phenoxy) is 1. The number of aliphatic hydroxyl groups excluding tert-OH is 1. The van der Waals surface area contributed by atoms with Crippen molar-refractivity contribution in [3.8, 4) is 0 Å². The van der Waals surface area contributed by atoms with Crippen molar-refractivity contribution in [1.82, 2.24) is 9.97 Å². The maximum absolute atomic E-state index is 10.5. The molecule has 0 amide bonds. The van der Waals surface area contributed by atoms with Crippen LogP contribution in [0, 0.1) is 0 Å². The summed E-state index contributed by atoms with van der Waals surface area (Å²) < 4.78 is 5.57. The van der Waals surface area contributed by atoms with Gasteiger partial charge in [-0.15, -0.1) is 0 Å². The van der Waals surface area contributed by atoms with Gasteiger partial charge in [0.1, 0.15) is 17.2 Å². The third-order valence-electron chi connectivity index (χ3n) is 3.98. The van der Waals surface area contributed by atoms with Crippen LogP contribution in [0.3, 0.4) is 0 Å². The molecule has 2 heterocycles. The second kappa shape index (κ2) is 7.12. The summed E-state index contributed by atoms with van der Waals surface area (Å²) in [6, 6.07) is 9.54. The fourth-order valence-electron chi connectivity index (χ4n) is 2.77. The van der Waals surface area contributed by atoms with Crippen LogP contribution in [0.15, 0.2) is 36.7 Å². The van der Waals surface area contributed by atoms with Crippen LogP contribution >= 0.6 is 11.6 Å². The second-order valence-electron chi connectivity index (χ2n) is 5.48. The summed E-state index contributed by atoms with van der Waals surface area (Å²) in [7, 11) is 0. The lowest BCUT2D eigenvalue weighted by atomic mass is 10.0. The van der Waals surface area contributed by atoms with E-state index in [0.29, 0.717) is 37.0 Å². The Morgan fingerprint density at radius 3 is 2.91 bits per heavy atom. The Morgan fingerprint density at radius 2 is 2.13 bits per heavy atom. The molecule has 2 aromatic rings. The number of nitrogen functional groups attached to an aromatic ring is 1. The van der Waals surface area contributed by atoms with Crippen molar-refractivity contribution in [2.45, 2.75) is 18.6 Å². The van der Waals surface area contributed by atoms with Crippen molar-refractivity contribution >= 4 is 23.2 Å². The number of anilines is 2. The molecule has 1 fully saturated rings. The first-order chi connectivity index (χ1) is 11.2. The number of nitrogens with zero attached hydrogens (tertiary/aromatic N) is 3. The molecule has 0 aliphatic carbocycles. The largest absolute Gasteiger partial charge is 0.388 e. The van der Waals surface area contributed by atoms with E-state index in [2.05, 4.69) is 9.97 Å². The molecule has 6 nitrogen and oxygen atoms in total. The molecule has 2 atom stereocenters. The van der Waals surface area contributed by atoms with Gasteiger partial charge in [0, 0.05) is 13.0 Å². The molecule has 1 aromatic carbocycles. The maximum Gasteiger partial charge on any atom is 0.153 e. The molecule has 0 saturated carbocycles. The minimum absolute atomic E-state index is 0.0363. The molecule has 1 saturated heterocycles. The SMILES string of the molecule is Nc1ncnc(N2CCOC[C@H]2C[C@@H](O)c2ccccc2)c1Cl. The lowest BCUT2D eigenvalue weighted by Gasteiger charge is -2.37. The van der Waals surface area contributed by atoms with E-state index in [9.17, 15) is 5.11 Å². The highest BCUT2D eigenvalue weighted by atomic mass is 35.5. The number of rotatable bonds is 4. The fourth-order valence-corrected chi connectivity index (χ4v) is 2.98. The molecule has 0 radical (unpaired) electrons. The number of morpholine rings is 1. The highest BCUT2D eigenvalue weighted by Gasteiger charge is 2.29. The number of benzene rings is 1. The van der Waals surface area contributed by atoms with Crippen LogP contribution in [-0.2, 0) is 4.74 Å². The zero-order chi connectivity index (χ0) is 16.2. The Kier molecular flexibility index (Phi) is 4.95. The lowest BCUT2D eigenvalue weighted by Crippen LogP contribution is -2.47. The topological polar surface area (TPSA) is 84.5 Å². The molecule has 23 heavy (non-hydrogen) atoms. The predicted octanol–water partition coefficient (Wildman–Crippen LogP) is 2.04. The van der Waals surface area contributed by atoms with Gasteiger partial charge in [0.25, 0.3) is 0 Å². The van der Waals surface area contributed by atoms with Crippen LogP contribution in [0.25, 0.3) is 0 Å². The van der Waals surface area contributed by atoms with Crippen molar-refractivity contribution in [1.29, 1.82) is 0 Å². The molecule has 0 bridgehead atoms. The van der Waals surface area contributed by atoms with E-state index < -0.39 is 6.10 Å². The van der Waals surface area contributed by atoms with Crippen molar-refractivity contribution in [3.05, 3.63) is 47.2 Å². The zero-order valence-corrected chi connectivity index (χ0v) is 13.4. The molecule has 1 aliphatic heterocycles. The summed E-state index contributed by atoms with van der Waals surface area (Å²) in [5.41, 5.74) is 6.66. The van der Waals surface area contributed by atoms with E-state index in [1.807, 2.05) is 35.2 Å². The first-order valence-corrected chi connectivity index (χ1v) is 7.88. The average molecular weight is 335 g/mol. The summed E-state index contributed by atoms with van der Waals surface area (Å²) in [5, 5.41) is 10.8. The number of nitrogens with two attached hydrogens (primary N) is 1. The van der Waals surface area contributed by atoms with E-state index in [1.54, 1.807) is 0 Å². The van der Waals surface area contributed by atoms with E-state index >= 15 is 0 Å². The minimum atomic E-state index is -0.580. The highest BCUT2D eigenvalue weighted by molar-refractivity contribution is 6.35. The van der Waals surface area contributed by atoms with Crippen molar-refractivity contribution < 1.29 is 9.84 Å². The Hall–Kier alpha value is -1.89. The average Bonchev–Trinajstić information content (AvgIpc) is 2.59. The monoisotopic (exact) mass is 334 g/mol. The van der Waals surface area contributed by atoms with Crippen LogP contribution in [0.5, 0.6) is 0 Å². The van der Waals surface area contributed by atoms with Gasteiger partial charge in [0.05, 0.1) is 25.4 Å². The number of halogens is 1. The first kappa shape index (κ1) is 16.0. The van der Waals surface area contributed by atoms with Gasteiger partial charge < -0.3 is 20.5 Å². The fraction of sp³-hybridized carbons (Fsp3) is 0.375. The minimum Gasteiger partial charge on any atom is -0.388 e. The number of aliphatic hydroxyl groups is 1. The van der Waals surface area contributed by atoms with E-state index in [0.717, 1.165) is 5.56 Å². The Morgan fingerprint density at radius 1 is 1.35 bits per heavy atom. The third-order valence-corrected chi connectivity index (χ3v) is 4.34.